The second-order valence-electron chi connectivity index (χ2n) is 2.80. The van der Waals surface area contributed by atoms with Crippen LogP contribution in [0.1, 0.15) is 11.6 Å². The maximum absolute atomic E-state index is 10.6. The van der Waals surface area contributed by atoms with Crippen LogP contribution in [0, 0.1) is 10.1 Å². The largest absolute Gasteiger partial charge is 0.329 e. The van der Waals surface area contributed by atoms with Crippen molar-refractivity contribution < 1.29 is 4.92 Å². The van der Waals surface area contributed by atoms with Gasteiger partial charge in [0, 0.05) is 29.2 Å². The normalized spacial score (nSPS) is 12.5. The third kappa shape index (κ3) is 2.20. The fraction of sp³-hybridized carbons (Fsp3) is 0.250. The van der Waals surface area contributed by atoms with E-state index in [9.17, 15) is 10.1 Å². The van der Waals surface area contributed by atoms with E-state index in [0.29, 0.717) is 10.6 Å². The zero-order chi connectivity index (χ0) is 10.7. The standard InChI is InChI=1S/C8H10ClN3O2/c9-5-1-2-8(12(13)14)6(3-5)7(11)4-10/h1-3,7H,4,10-11H2/t7-/m0/s1. The van der Waals surface area contributed by atoms with Gasteiger partial charge in [0.05, 0.1) is 4.92 Å². The van der Waals surface area contributed by atoms with Gasteiger partial charge < -0.3 is 11.5 Å². The molecule has 0 aliphatic rings. The van der Waals surface area contributed by atoms with Crippen molar-refractivity contribution in [2.45, 2.75) is 6.04 Å². The number of nitrogens with two attached hydrogens (primary N) is 2. The summed E-state index contributed by atoms with van der Waals surface area (Å²) in [5, 5.41) is 11.0. The van der Waals surface area contributed by atoms with Crippen molar-refractivity contribution in [2.75, 3.05) is 6.54 Å². The lowest BCUT2D eigenvalue weighted by Crippen LogP contribution is -2.21. The summed E-state index contributed by atoms with van der Waals surface area (Å²) in [6, 6.07) is 3.69. The Balaban J connectivity index is 3.22. The Bertz CT molecular complexity index is 356. The fourth-order valence-electron chi connectivity index (χ4n) is 1.12. The van der Waals surface area contributed by atoms with E-state index in [4.69, 9.17) is 23.1 Å². The highest BCUT2D eigenvalue weighted by atomic mass is 35.5. The van der Waals surface area contributed by atoms with E-state index in [0.717, 1.165) is 0 Å². The number of hydrogen-bond acceptors (Lipinski definition) is 4. The molecule has 14 heavy (non-hydrogen) atoms. The average molecular weight is 216 g/mol. The molecule has 1 aromatic carbocycles. The number of nitro groups is 1. The second kappa shape index (κ2) is 4.36. The molecule has 4 N–H and O–H groups in total. The van der Waals surface area contributed by atoms with Crippen molar-refractivity contribution in [3.05, 3.63) is 38.9 Å². The van der Waals surface area contributed by atoms with Gasteiger partial charge in [0.15, 0.2) is 0 Å². The SMILES string of the molecule is NC[C@H](N)c1cc(Cl)ccc1[N+](=O)[O-]. The molecular formula is C8H10ClN3O2. The van der Waals surface area contributed by atoms with Crippen LogP contribution in [0.25, 0.3) is 0 Å². The van der Waals surface area contributed by atoms with Gasteiger partial charge in [-0.05, 0) is 12.1 Å². The zero-order valence-electron chi connectivity index (χ0n) is 7.31. The highest BCUT2D eigenvalue weighted by molar-refractivity contribution is 6.30. The summed E-state index contributed by atoms with van der Waals surface area (Å²) < 4.78 is 0. The van der Waals surface area contributed by atoms with Crippen LogP contribution in [0.2, 0.25) is 5.02 Å². The minimum absolute atomic E-state index is 0.0487. The van der Waals surface area contributed by atoms with Crippen LogP contribution in [0.4, 0.5) is 5.69 Å². The highest BCUT2D eigenvalue weighted by Crippen LogP contribution is 2.26. The van der Waals surface area contributed by atoms with E-state index in [2.05, 4.69) is 0 Å². The Morgan fingerprint density at radius 3 is 2.71 bits per heavy atom. The average Bonchev–Trinajstić information content (AvgIpc) is 2.16. The molecule has 0 aliphatic heterocycles. The Hall–Kier alpha value is -1.17. The molecule has 1 rings (SSSR count). The summed E-state index contributed by atoms with van der Waals surface area (Å²) in [7, 11) is 0. The first kappa shape index (κ1) is 10.9. The van der Waals surface area contributed by atoms with Gasteiger partial charge in [0.1, 0.15) is 0 Å². The van der Waals surface area contributed by atoms with E-state index in [1.165, 1.54) is 18.2 Å². The summed E-state index contributed by atoms with van der Waals surface area (Å²) >= 11 is 5.70. The van der Waals surface area contributed by atoms with Crippen molar-refractivity contribution in [1.82, 2.24) is 0 Å². The van der Waals surface area contributed by atoms with Crippen molar-refractivity contribution in [1.29, 1.82) is 0 Å². The Morgan fingerprint density at radius 2 is 2.21 bits per heavy atom. The number of halogens is 1. The molecule has 0 saturated heterocycles. The van der Waals surface area contributed by atoms with Gasteiger partial charge in [0.25, 0.3) is 5.69 Å². The number of nitro benzene ring substituents is 1. The lowest BCUT2D eigenvalue weighted by Gasteiger charge is -2.09. The van der Waals surface area contributed by atoms with Crippen LogP contribution >= 0.6 is 11.6 Å². The molecule has 0 radical (unpaired) electrons. The number of nitrogens with zero attached hydrogens (tertiary/aromatic N) is 1. The van der Waals surface area contributed by atoms with E-state index < -0.39 is 11.0 Å². The van der Waals surface area contributed by atoms with Gasteiger partial charge in [-0.25, -0.2) is 0 Å². The minimum atomic E-state index is -0.561. The molecule has 0 amide bonds. The van der Waals surface area contributed by atoms with Crippen LogP contribution in [-0.4, -0.2) is 11.5 Å². The van der Waals surface area contributed by atoms with Crippen LogP contribution < -0.4 is 11.5 Å². The summed E-state index contributed by atoms with van der Waals surface area (Å²) in [5.41, 5.74) is 11.3. The zero-order valence-corrected chi connectivity index (χ0v) is 8.07. The highest BCUT2D eigenvalue weighted by Gasteiger charge is 2.18. The first-order valence-corrected chi connectivity index (χ1v) is 4.33. The molecule has 0 unspecified atom stereocenters. The molecule has 0 aliphatic carbocycles. The first-order chi connectivity index (χ1) is 6.56. The van der Waals surface area contributed by atoms with Crippen molar-refractivity contribution >= 4 is 17.3 Å². The monoisotopic (exact) mass is 215 g/mol. The molecule has 76 valence electrons. The van der Waals surface area contributed by atoms with Crippen LogP contribution in [0.3, 0.4) is 0 Å². The smallest absolute Gasteiger partial charge is 0.274 e. The Kier molecular flexibility index (Phi) is 3.40. The van der Waals surface area contributed by atoms with E-state index in [1.54, 1.807) is 0 Å². The number of benzene rings is 1. The predicted molar refractivity (Wildman–Crippen MR) is 54.1 cm³/mol. The van der Waals surface area contributed by atoms with Crippen LogP contribution in [-0.2, 0) is 0 Å². The van der Waals surface area contributed by atoms with E-state index in [1.807, 2.05) is 0 Å². The third-order valence-electron chi connectivity index (χ3n) is 1.84. The topological polar surface area (TPSA) is 95.2 Å². The lowest BCUT2D eigenvalue weighted by atomic mass is 10.1. The molecule has 0 saturated carbocycles. The second-order valence-corrected chi connectivity index (χ2v) is 3.24. The summed E-state index contributed by atoms with van der Waals surface area (Å²) in [4.78, 5) is 10.1. The van der Waals surface area contributed by atoms with Crippen LogP contribution in [0.15, 0.2) is 18.2 Å². The van der Waals surface area contributed by atoms with Gasteiger partial charge in [-0.1, -0.05) is 11.6 Å². The predicted octanol–water partition coefficient (Wildman–Crippen LogP) is 1.21. The summed E-state index contributed by atoms with van der Waals surface area (Å²) in [6.45, 7) is 0.140. The lowest BCUT2D eigenvalue weighted by molar-refractivity contribution is -0.385. The molecule has 0 aromatic heterocycles. The van der Waals surface area contributed by atoms with Crippen molar-refractivity contribution in [2.24, 2.45) is 11.5 Å². The van der Waals surface area contributed by atoms with Gasteiger partial charge in [-0.3, -0.25) is 10.1 Å². The molecular weight excluding hydrogens is 206 g/mol. The van der Waals surface area contributed by atoms with Gasteiger partial charge >= 0.3 is 0 Å². The van der Waals surface area contributed by atoms with Gasteiger partial charge in [-0.15, -0.1) is 0 Å². The van der Waals surface area contributed by atoms with Crippen LogP contribution in [0.5, 0.6) is 0 Å². The quantitative estimate of drug-likeness (QED) is 0.585. The Labute approximate surface area is 85.8 Å². The molecule has 0 spiro atoms. The minimum Gasteiger partial charge on any atom is -0.329 e. The molecule has 1 atom stereocenters. The van der Waals surface area contributed by atoms with Gasteiger partial charge in [-0.2, -0.15) is 0 Å². The molecule has 0 bridgehead atoms. The van der Waals surface area contributed by atoms with E-state index >= 15 is 0 Å². The summed E-state index contributed by atoms with van der Waals surface area (Å²) in [5.74, 6) is 0. The Morgan fingerprint density at radius 1 is 1.57 bits per heavy atom. The molecule has 5 nitrogen and oxygen atoms in total. The van der Waals surface area contributed by atoms with E-state index in [-0.39, 0.29) is 12.2 Å². The molecule has 0 heterocycles. The third-order valence-corrected chi connectivity index (χ3v) is 2.07. The fourth-order valence-corrected chi connectivity index (χ4v) is 1.30. The number of rotatable bonds is 3. The maximum Gasteiger partial charge on any atom is 0.274 e. The maximum atomic E-state index is 10.6. The molecule has 0 fully saturated rings. The van der Waals surface area contributed by atoms with Gasteiger partial charge in [0.2, 0.25) is 0 Å². The molecule has 6 heteroatoms. The first-order valence-electron chi connectivity index (χ1n) is 3.95. The molecule has 1 aromatic rings. The van der Waals surface area contributed by atoms with Crippen molar-refractivity contribution in [3.8, 4) is 0 Å². The van der Waals surface area contributed by atoms with Crippen molar-refractivity contribution in [3.63, 3.8) is 0 Å². The number of hydrogen-bond donors (Lipinski definition) is 2. The summed E-state index contributed by atoms with van der Waals surface area (Å²) in [6.07, 6.45) is 0.